The maximum Gasteiger partial charge on any atom is 0.0295 e. The molecule has 0 radical (unpaired) electrons. The molecule has 0 unspecified atom stereocenters. The van der Waals surface area contributed by atoms with E-state index in [2.05, 4.69) is 29.4 Å². The summed E-state index contributed by atoms with van der Waals surface area (Å²) in [6.45, 7) is 2.26. The van der Waals surface area contributed by atoms with E-state index in [0.29, 0.717) is 12.1 Å². The van der Waals surface area contributed by atoms with Gasteiger partial charge < -0.3 is 5.32 Å². The van der Waals surface area contributed by atoms with Crippen molar-refractivity contribution in [3.05, 3.63) is 30.1 Å². The van der Waals surface area contributed by atoms with E-state index < -0.39 is 0 Å². The zero-order chi connectivity index (χ0) is 11.9. The summed E-state index contributed by atoms with van der Waals surface area (Å²) in [6.07, 6.45) is 13.5. The van der Waals surface area contributed by atoms with Crippen molar-refractivity contribution >= 4 is 0 Å². The first-order valence-corrected chi connectivity index (χ1v) is 7.02. The van der Waals surface area contributed by atoms with Crippen molar-refractivity contribution in [2.75, 3.05) is 0 Å². The average molecular weight is 232 g/mol. The molecule has 1 saturated carbocycles. The van der Waals surface area contributed by atoms with Crippen molar-refractivity contribution in [2.24, 2.45) is 0 Å². The van der Waals surface area contributed by atoms with Crippen LogP contribution in [0.4, 0.5) is 0 Å². The highest BCUT2D eigenvalue weighted by atomic mass is 14.9. The highest BCUT2D eigenvalue weighted by molar-refractivity contribution is 5.14. The van der Waals surface area contributed by atoms with E-state index in [4.69, 9.17) is 0 Å². The first-order chi connectivity index (χ1) is 8.36. The van der Waals surface area contributed by atoms with E-state index in [1.54, 1.807) is 0 Å². The molecule has 2 nitrogen and oxygen atoms in total. The van der Waals surface area contributed by atoms with Gasteiger partial charge in [0.05, 0.1) is 0 Å². The third-order valence-corrected chi connectivity index (χ3v) is 3.80. The molecule has 0 aliphatic heterocycles. The van der Waals surface area contributed by atoms with E-state index in [0.717, 1.165) is 0 Å². The number of aromatic nitrogens is 1. The summed E-state index contributed by atoms with van der Waals surface area (Å²) >= 11 is 0. The number of pyridine rings is 1. The fourth-order valence-electron chi connectivity index (χ4n) is 2.72. The topological polar surface area (TPSA) is 24.9 Å². The molecule has 2 heteroatoms. The second-order valence-corrected chi connectivity index (χ2v) is 5.21. The molecule has 1 aliphatic carbocycles. The van der Waals surface area contributed by atoms with Crippen LogP contribution >= 0.6 is 0 Å². The van der Waals surface area contributed by atoms with Crippen LogP contribution in [-0.4, -0.2) is 11.0 Å². The molecule has 17 heavy (non-hydrogen) atoms. The minimum atomic E-state index is 0.447. The molecule has 0 spiro atoms. The van der Waals surface area contributed by atoms with Gasteiger partial charge in [0, 0.05) is 24.5 Å². The Balaban J connectivity index is 1.86. The minimum Gasteiger partial charge on any atom is -0.307 e. The molecule has 0 amide bonds. The van der Waals surface area contributed by atoms with Crippen LogP contribution in [0.15, 0.2) is 24.5 Å². The van der Waals surface area contributed by atoms with E-state index in [9.17, 15) is 0 Å². The monoisotopic (exact) mass is 232 g/mol. The van der Waals surface area contributed by atoms with Gasteiger partial charge in [0.2, 0.25) is 0 Å². The molecule has 0 bridgehead atoms. The number of hydrogen-bond donors (Lipinski definition) is 1. The van der Waals surface area contributed by atoms with Gasteiger partial charge in [0.1, 0.15) is 0 Å². The summed E-state index contributed by atoms with van der Waals surface area (Å²) in [5.41, 5.74) is 1.35. The number of rotatable bonds is 3. The van der Waals surface area contributed by atoms with E-state index in [1.807, 2.05) is 12.4 Å². The normalized spacial score (nSPS) is 20.5. The van der Waals surface area contributed by atoms with Crippen LogP contribution in [0.25, 0.3) is 0 Å². The van der Waals surface area contributed by atoms with Crippen molar-refractivity contribution in [3.8, 4) is 0 Å². The molecule has 1 aromatic heterocycles. The van der Waals surface area contributed by atoms with Gasteiger partial charge in [-0.2, -0.15) is 0 Å². The quantitative estimate of drug-likeness (QED) is 0.856. The summed E-state index contributed by atoms with van der Waals surface area (Å²) in [5, 5.41) is 3.78. The Morgan fingerprint density at radius 1 is 1.06 bits per heavy atom. The van der Waals surface area contributed by atoms with E-state index in [-0.39, 0.29) is 0 Å². The van der Waals surface area contributed by atoms with Crippen molar-refractivity contribution in [1.29, 1.82) is 0 Å². The molecule has 0 saturated heterocycles. The van der Waals surface area contributed by atoms with Crippen LogP contribution in [0.2, 0.25) is 0 Å². The van der Waals surface area contributed by atoms with Crippen molar-refractivity contribution in [2.45, 2.75) is 64.0 Å². The lowest BCUT2D eigenvalue weighted by atomic mass is 9.95. The predicted octanol–water partition coefficient (Wildman–Crippen LogP) is 3.85. The molecule has 94 valence electrons. The summed E-state index contributed by atoms with van der Waals surface area (Å²) in [6, 6.07) is 5.38. The van der Waals surface area contributed by atoms with Gasteiger partial charge in [-0.1, -0.05) is 32.1 Å². The van der Waals surface area contributed by atoms with Crippen LogP contribution in [0.5, 0.6) is 0 Å². The summed E-state index contributed by atoms with van der Waals surface area (Å²) in [7, 11) is 0. The smallest absolute Gasteiger partial charge is 0.0295 e. The number of nitrogens with zero attached hydrogens (tertiary/aromatic N) is 1. The Morgan fingerprint density at radius 3 is 2.29 bits per heavy atom. The van der Waals surface area contributed by atoms with Gasteiger partial charge in [-0.3, -0.25) is 4.98 Å². The second kappa shape index (κ2) is 6.75. The zero-order valence-corrected chi connectivity index (χ0v) is 10.9. The van der Waals surface area contributed by atoms with Crippen molar-refractivity contribution in [3.63, 3.8) is 0 Å². The van der Waals surface area contributed by atoms with Gasteiger partial charge in [-0.05, 0) is 37.5 Å². The van der Waals surface area contributed by atoms with Gasteiger partial charge in [-0.25, -0.2) is 0 Å². The Labute approximate surface area is 105 Å². The van der Waals surface area contributed by atoms with E-state index in [1.165, 1.54) is 50.5 Å². The predicted molar refractivity (Wildman–Crippen MR) is 71.9 cm³/mol. The SMILES string of the molecule is C[C@@H](NC1CCCCCCC1)c1ccncc1. The molecular weight excluding hydrogens is 208 g/mol. The Bertz CT molecular complexity index is 302. The third kappa shape index (κ3) is 4.12. The van der Waals surface area contributed by atoms with Gasteiger partial charge in [-0.15, -0.1) is 0 Å². The third-order valence-electron chi connectivity index (χ3n) is 3.80. The molecule has 1 atom stereocenters. The largest absolute Gasteiger partial charge is 0.307 e. The van der Waals surface area contributed by atoms with Crippen LogP contribution in [0.1, 0.15) is 63.5 Å². The lowest BCUT2D eigenvalue weighted by Crippen LogP contribution is -2.32. The minimum absolute atomic E-state index is 0.447. The Kier molecular flexibility index (Phi) is 4.99. The van der Waals surface area contributed by atoms with Crippen LogP contribution < -0.4 is 5.32 Å². The fraction of sp³-hybridized carbons (Fsp3) is 0.667. The lowest BCUT2D eigenvalue weighted by molar-refractivity contribution is 0.362. The summed E-state index contributed by atoms with van der Waals surface area (Å²) in [4.78, 5) is 4.07. The van der Waals surface area contributed by atoms with Crippen LogP contribution in [-0.2, 0) is 0 Å². The lowest BCUT2D eigenvalue weighted by Gasteiger charge is -2.25. The molecule has 1 aliphatic rings. The zero-order valence-electron chi connectivity index (χ0n) is 10.9. The molecule has 1 heterocycles. The average Bonchev–Trinajstić information content (AvgIpc) is 2.33. The molecular formula is C15H24N2. The maximum absolute atomic E-state index is 4.07. The Hall–Kier alpha value is -0.890. The van der Waals surface area contributed by atoms with Crippen molar-refractivity contribution in [1.82, 2.24) is 10.3 Å². The summed E-state index contributed by atoms with van der Waals surface area (Å²) < 4.78 is 0. The molecule has 1 N–H and O–H groups in total. The summed E-state index contributed by atoms with van der Waals surface area (Å²) in [5.74, 6) is 0. The van der Waals surface area contributed by atoms with E-state index >= 15 is 0 Å². The van der Waals surface area contributed by atoms with Crippen molar-refractivity contribution < 1.29 is 0 Å². The maximum atomic E-state index is 4.07. The standard InChI is InChI=1S/C15H24N2/c1-13(14-9-11-16-12-10-14)17-15-7-5-3-2-4-6-8-15/h9-13,15,17H,2-8H2,1H3/t13-/m1/s1. The molecule has 1 fully saturated rings. The van der Waals surface area contributed by atoms with Gasteiger partial charge >= 0.3 is 0 Å². The number of nitrogens with one attached hydrogen (secondary N) is 1. The second-order valence-electron chi connectivity index (χ2n) is 5.21. The van der Waals surface area contributed by atoms with Gasteiger partial charge in [0.15, 0.2) is 0 Å². The highest BCUT2D eigenvalue weighted by Crippen LogP contribution is 2.20. The van der Waals surface area contributed by atoms with Crippen LogP contribution in [0.3, 0.4) is 0 Å². The molecule has 2 rings (SSSR count). The fourth-order valence-corrected chi connectivity index (χ4v) is 2.72. The first kappa shape index (κ1) is 12.6. The number of hydrogen-bond acceptors (Lipinski definition) is 2. The van der Waals surface area contributed by atoms with Gasteiger partial charge in [0.25, 0.3) is 0 Å². The highest BCUT2D eigenvalue weighted by Gasteiger charge is 2.14. The van der Waals surface area contributed by atoms with Crippen LogP contribution in [0, 0.1) is 0 Å². The molecule has 1 aromatic rings. The molecule has 0 aromatic carbocycles. The first-order valence-electron chi connectivity index (χ1n) is 7.02. The Morgan fingerprint density at radius 2 is 1.65 bits per heavy atom.